The van der Waals surface area contributed by atoms with Crippen molar-refractivity contribution < 1.29 is 4.79 Å². The number of carbonyl (C=O) groups is 1. The predicted octanol–water partition coefficient (Wildman–Crippen LogP) is 2.03. The highest BCUT2D eigenvalue weighted by atomic mass is 32.1. The van der Waals surface area contributed by atoms with Gasteiger partial charge in [-0.2, -0.15) is 0 Å². The molecule has 0 aliphatic heterocycles. The molecule has 20 heavy (non-hydrogen) atoms. The van der Waals surface area contributed by atoms with Crippen molar-refractivity contribution in [2.24, 2.45) is 0 Å². The van der Waals surface area contributed by atoms with E-state index in [-0.39, 0.29) is 5.91 Å². The molecule has 7 heteroatoms. The molecule has 3 N–H and O–H groups in total. The number of hydrogen-bond acceptors (Lipinski definition) is 6. The van der Waals surface area contributed by atoms with Crippen LogP contribution in [-0.2, 0) is 19.3 Å². The van der Waals surface area contributed by atoms with Gasteiger partial charge in [0.15, 0.2) is 0 Å². The molecule has 0 unspecified atom stereocenters. The standard InChI is InChI=1S/C13H16N4OS2/c14-13-17-16-10(20-13)5-6-15-12(18)11-9-4-2-1-3-8(9)7-19-11/h7H,1-6H2,(H2,14,17)(H,15,18). The third-order valence-electron chi connectivity index (χ3n) is 3.42. The Morgan fingerprint density at radius 1 is 1.35 bits per heavy atom. The number of rotatable bonds is 4. The summed E-state index contributed by atoms with van der Waals surface area (Å²) in [5.41, 5.74) is 8.15. The highest BCUT2D eigenvalue weighted by molar-refractivity contribution is 7.15. The molecule has 2 aromatic heterocycles. The fourth-order valence-corrected chi connectivity index (χ4v) is 4.12. The van der Waals surface area contributed by atoms with Gasteiger partial charge in [0.25, 0.3) is 5.91 Å². The molecule has 0 saturated heterocycles. The third-order valence-corrected chi connectivity index (χ3v) is 5.30. The van der Waals surface area contributed by atoms with E-state index in [9.17, 15) is 4.79 Å². The smallest absolute Gasteiger partial charge is 0.261 e. The second kappa shape index (κ2) is 5.88. The zero-order chi connectivity index (χ0) is 13.9. The molecule has 0 fully saturated rings. The summed E-state index contributed by atoms with van der Waals surface area (Å²) in [4.78, 5) is 13.1. The van der Waals surface area contributed by atoms with E-state index in [1.807, 2.05) is 0 Å². The number of thiophene rings is 1. The Balaban J connectivity index is 1.58. The van der Waals surface area contributed by atoms with Crippen LogP contribution in [-0.4, -0.2) is 22.6 Å². The Morgan fingerprint density at radius 2 is 2.20 bits per heavy atom. The summed E-state index contributed by atoms with van der Waals surface area (Å²) in [7, 11) is 0. The average Bonchev–Trinajstić information content (AvgIpc) is 3.05. The van der Waals surface area contributed by atoms with E-state index in [1.54, 1.807) is 11.3 Å². The van der Waals surface area contributed by atoms with Crippen LogP contribution in [0.3, 0.4) is 0 Å². The van der Waals surface area contributed by atoms with Crippen LogP contribution < -0.4 is 11.1 Å². The first-order valence-electron chi connectivity index (χ1n) is 6.69. The van der Waals surface area contributed by atoms with Crippen molar-refractivity contribution in [3.8, 4) is 0 Å². The van der Waals surface area contributed by atoms with E-state index in [4.69, 9.17) is 5.73 Å². The number of hydrogen-bond donors (Lipinski definition) is 2. The van der Waals surface area contributed by atoms with Crippen LogP contribution in [0.1, 0.15) is 38.6 Å². The number of nitrogens with one attached hydrogen (secondary N) is 1. The Kier molecular flexibility index (Phi) is 3.98. The fourth-order valence-electron chi connectivity index (χ4n) is 2.44. The maximum Gasteiger partial charge on any atom is 0.261 e. The molecule has 2 aromatic rings. The molecule has 1 amide bonds. The van der Waals surface area contributed by atoms with Crippen molar-refractivity contribution in [1.82, 2.24) is 15.5 Å². The van der Waals surface area contributed by atoms with Crippen LogP contribution in [0, 0.1) is 0 Å². The summed E-state index contributed by atoms with van der Waals surface area (Å²) in [5, 5.41) is 14.1. The van der Waals surface area contributed by atoms with Gasteiger partial charge in [-0.15, -0.1) is 21.5 Å². The summed E-state index contributed by atoms with van der Waals surface area (Å²) in [6, 6.07) is 0. The minimum atomic E-state index is 0.0376. The first kappa shape index (κ1) is 13.5. The van der Waals surface area contributed by atoms with Crippen molar-refractivity contribution in [2.75, 3.05) is 12.3 Å². The van der Waals surface area contributed by atoms with E-state index in [0.717, 1.165) is 22.7 Å². The SMILES string of the molecule is Nc1nnc(CCNC(=O)c2scc3c2CCCC3)s1. The quantitative estimate of drug-likeness (QED) is 0.905. The fraction of sp³-hybridized carbons (Fsp3) is 0.462. The van der Waals surface area contributed by atoms with Crippen molar-refractivity contribution >= 4 is 33.7 Å². The zero-order valence-corrected chi connectivity index (χ0v) is 12.6. The van der Waals surface area contributed by atoms with Crippen molar-refractivity contribution in [3.05, 3.63) is 26.4 Å². The number of fused-ring (bicyclic) bond motifs is 1. The molecule has 3 rings (SSSR count). The molecule has 0 bridgehead atoms. The number of aromatic nitrogens is 2. The molecule has 2 heterocycles. The summed E-state index contributed by atoms with van der Waals surface area (Å²) in [6.07, 6.45) is 5.25. The maximum absolute atomic E-state index is 12.2. The number of nitrogens with zero attached hydrogens (tertiary/aromatic N) is 2. The van der Waals surface area contributed by atoms with Crippen molar-refractivity contribution in [1.29, 1.82) is 0 Å². The van der Waals surface area contributed by atoms with E-state index < -0.39 is 0 Å². The lowest BCUT2D eigenvalue weighted by Gasteiger charge is -2.12. The van der Waals surface area contributed by atoms with Crippen LogP contribution in [0.2, 0.25) is 0 Å². The molecule has 0 spiro atoms. The number of nitrogen functional groups attached to an aromatic ring is 1. The normalized spacial score (nSPS) is 14.0. The molecule has 0 saturated carbocycles. The van der Waals surface area contributed by atoms with E-state index in [2.05, 4.69) is 20.9 Å². The van der Waals surface area contributed by atoms with Crippen LogP contribution in [0.15, 0.2) is 5.38 Å². The van der Waals surface area contributed by atoms with Gasteiger partial charge in [0.2, 0.25) is 5.13 Å². The lowest BCUT2D eigenvalue weighted by Crippen LogP contribution is -2.26. The number of aryl methyl sites for hydroxylation is 1. The van der Waals surface area contributed by atoms with E-state index in [1.165, 1.54) is 35.3 Å². The Bertz CT molecular complexity index is 620. The van der Waals surface area contributed by atoms with Gasteiger partial charge >= 0.3 is 0 Å². The highest BCUT2D eigenvalue weighted by Gasteiger charge is 2.19. The Labute approximate surface area is 125 Å². The highest BCUT2D eigenvalue weighted by Crippen LogP contribution is 2.29. The summed E-state index contributed by atoms with van der Waals surface area (Å²) >= 11 is 2.93. The molecule has 0 radical (unpaired) electrons. The maximum atomic E-state index is 12.2. The van der Waals surface area contributed by atoms with E-state index in [0.29, 0.717) is 18.1 Å². The summed E-state index contributed by atoms with van der Waals surface area (Å²) < 4.78 is 0. The summed E-state index contributed by atoms with van der Waals surface area (Å²) in [5.74, 6) is 0.0376. The number of nitrogens with two attached hydrogens (primary N) is 1. The van der Waals surface area contributed by atoms with Gasteiger partial charge in [-0.3, -0.25) is 4.79 Å². The number of carbonyl (C=O) groups excluding carboxylic acids is 1. The molecule has 1 aliphatic carbocycles. The van der Waals surface area contributed by atoms with Gasteiger partial charge in [-0.25, -0.2) is 0 Å². The minimum absolute atomic E-state index is 0.0376. The lowest BCUT2D eigenvalue weighted by molar-refractivity contribution is 0.0957. The monoisotopic (exact) mass is 308 g/mol. The zero-order valence-electron chi connectivity index (χ0n) is 11.0. The average molecular weight is 308 g/mol. The first-order chi connectivity index (χ1) is 9.74. The number of anilines is 1. The Morgan fingerprint density at radius 3 is 3.00 bits per heavy atom. The molecular formula is C13H16N4OS2. The van der Waals surface area contributed by atoms with Crippen LogP contribution >= 0.6 is 22.7 Å². The topological polar surface area (TPSA) is 80.9 Å². The van der Waals surface area contributed by atoms with Gasteiger partial charge in [-0.1, -0.05) is 11.3 Å². The molecule has 0 aromatic carbocycles. The summed E-state index contributed by atoms with van der Waals surface area (Å²) in [6.45, 7) is 0.570. The van der Waals surface area contributed by atoms with Crippen molar-refractivity contribution in [3.63, 3.8) is 0 Å². The first-order valence-corrected chi connectivity index (χ1v) is 8.39. The lowest BCUT2D eigenvalue weighted by atomic mass is 9.94. The van der Waals surface area contributed by atoms with E-state index >= 15 is 0 Å². The largest absolute Gasteiger partial charge is 0.374 e. The minimum Gasteiger partial charge on any atom is -0.374 e. The van der Waals surface area contributed by atoms with Gasteiger partial charge in [0.05, 0.1) is 4.88 Å². The van der Waals surface area contributed by atoms with Crippen molar-refractivity contribution in [2.45, 2.75) is 32.1 Å². The Hall–Kier alpha value is -1.47. The number of amides is 1. The molecule has 106 valence electrons. The van der Waals surface area contributed by atoms with Gasteiger partial charge in [0, 0.05) is 13.0 Å². The van der Waals surface area contributed by atoms with Crippen LogP contribution in [0.4, 0.5) is 5.13 Å². The molecule has 1 aliphatic rings. The molecule has 5 nitrogen and oxygen atoms in total. The van der Waals surface area contributed by atoms with Gasteiger partial charge < -0.3 is 11.1 Å². The van der Waals surface area contributed by atoms with Gasteiger partial charge in [-0.05, 0) is 42.2 Å². The van der Waals surface area contributed by atoms with Crippen LogP contribution in [0.25, 0.3) is 0 Å². The van der Waals surface area contributed by atoms with Gasteiger partial charge in [0.1, 0.15) is 5.01 Å². The molecular weight excluding hydrogens is 292 g/mol. The van der Waals surface area contributed by atoms with Crippen LogP contribution in [0.5, 0.6) is 0 Å². The predicted molar refractivity (Wildman–Crippen MR) is 81.3 cm³/mol. The third kappa shape index (κ3) is 2.83. The second-order valence-electron chi connectivity index (χ2n) is 4.82. The molecule has 0 atom stereocenters. The second-order valence-corrected chi connectivity index (χ2v) is 6.79.